The number of hydrogen-bond acceptors (Lipinski definition) is 6. The number of imidazole rings is 1. The van der Waals surface area contributed by atoms with Crippen molar-refractivity contribution in [2.75, 3.05) is 12.0 Å². The van der Waals surface area contributed by atoms with Crippen LogP contribution in [0.15, 0.2) is 84.0 Å². The number of rotatable bonds is 9. The minimum Gasteiger partial charge on any atom is -0.439 e. The van der Waals surface area contributed by atoms with Gasteiger partial charge in [0, 0.05) is 29.5 Å². The van der Waals surface area contributed by atoms with Crippen molar-refractivity contribution in [2.24, 2.45) is 0 Å². The highest BCUT2D eigenvalue weighted by atomic mass is 35.5. The molecule has 0 aliphatic rings. The highest BCUT2D eigenvalue weighted by molar-refractivity contribution is 6.30. The first-order valence-electron chi connectivity index (χ1n) is 11.3. The number of aryl methyl sites for hydroxylation is 1. The molecule has 1 N–H and O–H groups in total. The summed E-state index contributed by atoms with van der Waals surface area (Å²) in [6.45, 7) is 0.255. The number of fused-ring (bicyclic) bond motifs is 1. The van der Waals surface area contributed by atoms with Crippen LogP contribution >= 0.6 is 11.6 Å². The first-order valence-corrected chi connectivity index (χ1v) is 11.7. The van der Waals surface area contributed by atoms with Crippen LogP contribution in [0.1, 0.15) is 12.0 Å². The van der Waals surface area contributed by atoms with Crippen LogP contribution in [0.25, 0.3) is 11.2 Å². The number of nitrogens with one attached hydrogen (secondary N) is 1. The zero-order valence-corrected chi connectivity index (χ0v) is 19.9. The van der Waals surface area contributed by atoms with Crippen molar-refractivity contribution in [3.8, 4) is 11.6 Å². The summed E-state index contributed by atoms with van der Waals surface area (Å²) in [5.74, 6) is 1.44. The van der Waals surface area contributed by atoms with Crippen LogP contribution in [0, 0.1) is 0 Å². The van der Waals surface area contributed by atoms with Gasteiger partial charge in [0.2, 0.25) is 11.8 Å². The third-order valence-corrected chi connectivity index (χ3v) is 5.75. The summed E-state index contributed by atoms with van der Waals surface area (Å²) >= 11 is 6.05. The van der Waals surface area contributed by atoms with Crippen LogP contribution in [0.4, 0.5) is 16.0 Å². The Morgan fingerprint density at radius 2 is 1.81 bits per heavy atom. The summed E-state index contributed by atoms with van der Waals surface area (Å²) in [5, 5.41) is 3.85. The number of benzene rings is 2. The molecule has 0 atom stereocenters. The number of aromatic nitrogens is 5. The average Bonchev–Trinajstić information content (AvgIpc) is 3.32. The highest BCUT2D eigenvalue weighted by Crippen LogP contribution is 2.24. The lowest BCUT2D eigenvalue weighted by Gasteiger charge is -2.16. The van der Waals surface area contributed by atoms with Crippen LogP contribution in [-0.2, 0) is 13.1 Å². The molecule has 2 aromatic carbocycles. The molecule has 182 valence electrons. The lowest BCUT2D eigenvalue weighted by atomic mass is 10.2. The first kappa shape index (κ1) is 23.5. The molecule has 0 saturated carbocycles. The fraction of sp³-hybridized carbons (Fsp3) is 0.154. The maximum absolute atomic E-state index is 13.0. The summed E-state index contributed by atoms with van der Waals surface area (Å²) < 4.78 is 22.0. The predicted octanol–water partition coefficient (Wildman–Crippen LogP) is 5.59. The van der Waals surface area contributed by atoms with E-state index >= 15 is 0 Å². The van der Waals surface area contributed by atoms with E-state index in [1.54, 1.807) is 47.4 Å². The van der Waals surface area contributed by atoms with Crippen LogP contribution in [0.3, 0.4) is 0 Å². The largest absolute Gasteiger partial charge is 0.439 e. The fourth-order valence-electron chi connectivity index (χ4n) is 3.78. The van der Waals surface area contributed by atoms with Crippen LogP contribution in [0.5, 0.6) is 11.6 Å². The maximum atomic E-state index is 13.0. The molecule has 0 amide bonds. The standard InChI is InChI=1S/C26H22ClFN6O2/c27-19-7-5-18(6-8-19)16-34-24-23(33(17-30-24)15-3-13-28)25(35)32-26(34)31-20-9-11-21(12-10-20)36-22-4-1-2-14-29-22/h1-2,4-12,14,17H,3,13,15-16H2,(H,31,32,35). The quantitative estimate of drug-likeness (QED) is 0.282. The number of halogens is 2. The summed E-state index contributed by atoms with van der Waals surface area (Å²) in [7, 11) is 0. The first-order chi connectivity index (χ1) is 17.6. The van der Waals surface area contributed by atoms with Crippen molar-refractivity contribution in [1.82, 2.24) is 24.1 Å². The van der Waals surface area contributed by atoms with Gasteiger partial charge in [0.1, 0.15) is 5.75 Å². The zero-order chi connectivity index (χ0) is 24.9. The Kier molecular flexibility index (Phi) is 6.90. The molecule has 0 fully saturated rings. The average molecular weight is 505 g/mol. The van der Waals surface area contributed by atoms with Gasteiger partial charge in [-0.1, -0.05) is 29.8 Å². The van der Waals surface area contributed by atoms with Gasteiger partial charge in [-0.15, -0.1) is 0 Å². The molecular weight excluding hydrogens is 483 g/mol. The summed E-state index contributed by atoms with van der Waals surface area (Å²) in [6.07, 6.45) is 3.50. The van der Waals surface area contributed by atoms with E-state index in [9.17, 15) is 9.18 Å². The Hall–Kier alpha value is -4.24. The predicted molar refractivity (Wildman–Crippen MR) is 137 cm³/mol. The number of alkyl halides is 1. The molecule has 0 aliphatic carbocycles. The Bertz CT molecular complexity index is 1520. The van der Waals surface area contributed by atoms with E-state index in [0.29, 0.717) is 52.5 Å². The van der Waals surface area contributed by atoms with Gasteiger partial charge in [-0.25, -0.2) is 9.97 Å². The van der Waals surface area contributed by atoms with Gasteiger partial charge in [0.15, 0.2) is 11.2 Å². The van der Waals surface area contributed by atoms with Crippen molar-refractivity contribution >= 4 is 34.4 Å². The second-order valence-corrected chi connectivity index (χ2v) is 8.46. The molecule has 0 bridgehead atoms. The van der Waals surface area contributed by atoms with Crippen molar-refractivity contribution < 1.29 is 9.13 Å². The number of hydrogen-bond donors (Lipinski definition) is 1. The molecule has 5 rings (SSSR count). The highest BCUT2D eigenvalue weighted by Gasteiger charge is 2.17. The Labute approximate surface area is 211 Å². The minimum atomic E-state index is -0.480. The topological polar surface area (TPSA) is 86.9 Å². The summed E-state index contributed by atoms with van der Waals surface area (Å²) in [5.41, 5.74) is 2.01. The Morgan fingerprint density at radius 3 is 2.53 bits per heavy atom. The third kappa shape index (κ3) is 5.21. The monoisotopic (exact) mass is 504 g/mol. The third-order valence-electron chi connectivity index (χ3n) is 5.50. The number of ether oxygens (including phenoxy) is 1. The van der Waals surface area contributed by atoms with Gasteiger partial charge < -0.3 is 14.6 Å². The van der Waals surface area contributed by atoms with Crippen LogP contribution < -0.4 is 15.6 Å². The molecule has 0 unspecified atom stereocenters. The van der Waals surface area contributed by atoms with Crippen molar-refractivity contribution in [3.63, 3.8) is 0 Å². The number of anilines is 2. The van der Waals surface area contributed by atoms with Gasteiger partial charge in [-0.3, -0.25) is 13.8 Å². The number of pyridine rings is 1. The fourth-order valence-corrected chi connectivity index (χ4v) is 3.90. The van der Waals surface area contributed by atoms with E-state index in [2.05, 4.69) is 20.3 Å². The van der Waals surface area contributed by atoms with Crippen LogP contribution in [0.2, 0.25) is 5.02 Å². The van der Waals surface area contributed by atoms with Gasteiger partial charge in [0.25, 0.3) is 0 Å². The second-order valence-electron chi connectivity index (χ2n) is 8.03. The van der Waals surface area contributed by atoms with Gasteiger partial charge in [0.05, 0.1) is 19.5 Å². The van der Waals surface area contributed by atoms with Gasteiger partial charge >= 0.3 is 5.56 Å². The molecule has 0 saturated heterocycles. The molecular formula is C26H22ClFN6O2. The Morgan fingerprint density at radius 1 is 1.00 bits per heavy atom. The summed E-state index contributed by atoms with van der Waals surface area (Å²) in [6, 6.07) is 20.1. The molecule has 3 aromatic heterocycles. The van der Waals surface area contributed by atoms with Gasteiger partial charge in [-0.05, 0) is 54.4 Å². The van der Waals surface area contributed by atoms with Crippen LogP contribution in [-0.4, -0.2) is 30.8 Å². The number of nitrogens with zero attached hydrogens (tertiary/aromatic N) is 5. The molecule has 36 heavy (non-hydrogen) atoms. The molecule has 8 nitrogen and oxygen atoms in total. The lowest BCUT2D eigenvalue weighted by molar-refractivity contribution is 0.449. The molecule has 3 heterocycles. The van der Waals surface area contributed by atoms with Gasteiger partial charge in [-0.2, -0.15) is 4.98 Å². The second kappa shape index (κ2) is 10.6. The van der Waals surface area contributed by atoms with Crippen molar-refractivity contribution in [1.29, 1.82) is 0 Å². The van der Waals surface area contributed by atoms with E-state index < -0.39 is 12.2 Å². The van der Waals surface area contributed by atoms with E-state index in [-0.39, 0.29) is 6.42 Å². The van der Waals surface area contributed by atoms with E-state index in [0.717, 1.165) is 5.56 Å². The van der Waals surface area contributed by atoms with E-state index in [1.165, 1.54) is 0 Å². The smallest absolute Gasteiger partial charge is 0.300 e. The molecule has 5 aromatic rings. The maximum Gasteiger partial charge on any atom is 0.300 e. The summed E-state index contributed by atoms with van der Waals surface area (Å²) in [4.78, 5) is 25.9. The lowest BCUT2D eigenvalue weighted by Crippen LogP contribution is -2.20. The molecule has 10 heteroatoms. The van der Waals surface area contributed by atoms with E-state index in [4.69, 9.17) is 16.3 Å². The molecule has 0 aliphatic heterocycles. The SMILES string of the molecule is O=c1nc(Nc2ccc(Oc3ccccn3)cc2)n(Cc2ccc(Cl)cc2)c2ncn(CCCF)c12. The Balaban J connectivity index is 1.49. The van der Waals surface area contributed by atoms with E-state index in [1.807, 2.05) is 41.0 Å². The zero-order valence-electron chi connectivity index (χ0n) is 19.1. The minimum absolute atomic E-state index is 0.287. The molecule has 0 spiro atoms. The van der Waals surface area contributed by atoms with Crippen molar-refractivity contribution in [2.45, 2.75) is 19.5 Å². The molecule has 0 radical (unpaired) electrons. The normalized spacial score (nSPS) is 11.1. The van der Waals surface area contributed by atoms with Crippen molar-refractivity contribution in [3.05, 3.63) is 100 Å².